The zero-order chi connectivity index (χ0) is 30.2. The van der Waals surface area contributed by atoms with Gasteiger partial charge in [-0.1, -0.05) is 86.6 Å². The van der Waals surface area contributed by atoms with Gasteiger partial charge in [0.2, 0.25) is 11.9 Å². The van der Waals surface area contributed by atoms with Crippen molar-refractivity contribution in [3.63, 3.8) is 0 Å². The number of nitrogens with two attached hydrogens (primary N) is 1. The molecule has 3 aromatic carbocycles. The topological polar surface area (TPSA) is 148 Å². The molecule has 220 valence electrons. The van der Waals surface area contributed by atoms with Crippen molar-refractivity contribution in [3.05, 3.63) is 118 Å². The molecular weight excluding hydrogens is 544 g/mol. The molecular formula is C33H34N6O4. The summed E-state index contributed by atoms with van der Waals surface area (Å²) in [6.07, 6.45) is 2.02. The minimum absolute atomic E-state index is 0.0128. The third-order valence-electron chi connectivity index (χ3n) is 8.25. The minimum atomic E-state index is -1.29. The Balaban J connectivity index is 1.75. The van der Waals surface area contributed by atoms with Crippen molar-refractivity contribution in [3.8, 4) is 0 Å². The highest BCUT2D eigenvalue weighted by atomic mass is 16.5. The van der Waals surface area contributed by atoms with Crippen molar-refractivity contribution in [2.24, 2.45) is 5.92 Å². The molecule has 1 fully saturated rings. The molecule has 43 heavy (non-hydrogen) atoms. The molecule has 1 saturated heterocycles. The number of amides is 1. The van der Waals surface area contributed by atoms with Gasteiger partial charge in [-0.05, 0) is 41.7 Å². The molecule has 0 saturated carbocycles. The van der Waals surface area contributed by atoms with Crippen molar-refractivity contribution in [2.75, 3.05) is 17.7 Å². The summed E-state index contributed by atoms with van der Waals surface area (Å²) in [5, 5.41) is 13.1. The standard InChI is InChI=1S/C33H34N6O4/c1-21(2)29(41)37-31-36-28-27(30(42)38-31)35-20-39(28)32(17-16-26(19-40)43-32)33(22-10-5-3-6-11-22,23-12-7-4-8-13-23)24-14-9-15-25(34)18-24/h3-15,18,20-21,26,40H,16-17,19,34H2,1-2H3,(H2,36,37,38,41,42)/t26-,32-/m0/s1. The fourth-order valence-corrected chi connectivity index (χ4v) is 6.33. The van der Waals surface area contributed by atoms with Gasteiger partial charge in [0.15, 0.2) is 16.9 Å². The normalized spacial score (nSPS) is 18.7. The van der Waals surface area contributed by atoms with Crippen LogP contribution in [-0.2, 0) is 20.7 Å². The Bertz CT molecular complexity index is 1780. The molecule has 0 aliphatic carbocycles. The zero-order valence-electron chi connectivity index (χ0n) is 24.0. The van der Waals surface area contributed by atoms with Gasteiger partial charge in [-0.3, -0.25) is 24.5 Å². The molecule has 0 unspecified atom stereocenters. The summed E-state index contributed by atoms with van der Waals surface area (Å²) in [5.74, 6) is -0.602. The second-order valence-electron chi connectivity index (χ2n) is 11.2. The number of benzene rings is 3. The molecule has 1 aliphatic rings. The number of nitrogen functional groups attached to an aromatic ring is 1. The van der Waals surface area contributed by atoms with Crippen LogP contribution in [0.4, 0.5) is 11.6 Å². The van der Waals surface area contributed by atoms with Gasteiger partial charge in [-0.25, -0.2) is 4.98 Å². The van der Waals surface area contributed by atoms with Crippen molar-refractivity contribution < 1.29 is 14.6 Å². The van der Waals surface area contributed by atoms with Gasteiger partial charge in [0.05, 0.1) is 24.5 Å². The first-order chi connectivity index (χ1) is 20.8. The Labute approximate surface area is 248 Å². The predicted molar refractivity (Wildman–Crippen MR) is 164 cm³/mol. The van der Waals surface area contributed by atoms with Crippen LogP contribution in [0.1, 0.15) is 43.4 Å². The van der Waals surface area contributed by atoms with E-state index in [1.807, 2.05) is 84.9 Å². The van der Waals surface area contributed by atoms with Gasteiger partial charge in [-0.15, -0.1) is 0 Å². The van der Waals surface area contributed by atoms with Crippen LogP contribution >= 0.6 is 0 Å². The summed E-state index contributed by atoms with van der Waals surface area (Å²) >= 11 is 0. The Morgan fingerprint density at radius 1 is 1.09 bits per heavy atom. The van der Waals surface area contributed by atoms with E-state index in [1.54, 1.807) is 24.7 Å². The molecule has 2 aromatic heterocycles. The first-order valence-corrected chi connectivity index (χ1v) is 14.3. The van der Waals surface area contributed by atoms with E-state index in [1.165, 1.54) is 0 Å². The van der Waals surface area contributed by atoms with E-state index in [-0.39, 0.29) is 35.5 Å². The SMILES string of the molecule is CC(C)C(=O)Nc1nc2c(ncn2[C@@]2(C(c3ccccc3)(c3ccccc3)c3cccc(N)c3)CC[C@@H](CO)O2)c(=O)[nH]1. The number of ether oxygens (including phenoxy) is 1. The molecule has 10 nitrogen and oxygen atoms in total. The highest BCUT2D eigenvalue weighted by Gasteiger charge is 2.61. The largest absolute Gasteiger partial charge is 0.399 e. The monoisotopic (exact) mass is 578 g/mol. The number of carbonyl (C=O) groups excluding carboxylic acids is 1. The maximum atomic E-state index is 13.3. The second-order valence-corrected chi connectivity index (χ2v) is 11.2. The van der Waals surface area contributed by atoms with Crippen LogP contribution in [0.2, 0.25) is 0 Å². The molecule has 1 aliphatic heterocycles. The van der Waals surface area contributed by atoms with E-state index in [0.717, 1.165) is 16.7 Å². The van der Waals surface area contributed by atoms with E-state index < -0.39 is 22.8 Å². The number of nitrogens with zero attached hydrogens (tertiary/aromatic N) is 3. The van der Waals surface area contributed by atoms with Crippen LogP contribution in [-0.4, -0.2) is 43.2 Å². The quantitative estimate of drug-likeness (QED) is 0.160. The summed E-state index contributed by atoms with van der Waals surface area (Å²) in [6.45, 7) is 3.31. The van der Waals surface area contributed by atoms with E-state index in [0.29, 0.717) is 18.5 Å². The number of rotatable bonds is 8. The number of carbonyl (C=O) groups is 1. The number of hydrogen-bond acceptors (Lipinski definition) is 7. The number of imidazole rings is 1. The van der Waals surface area contributed by atoms with Gasteiger partial charge in [0.1, 0.15) is 0 Å². The van der Waals surface area contributed by atoms with Crippen molar-refractivity contribution >= 4 is 28.7 Å². The average molecular weight is 579 g/mol. The maximum Gasteiger partial charge on any atom is 0.280 e. The van der Waals surface area contributed by atoms with E-state index in [2.05, 4.69) is 15.3 Å². The number of aliphatic hydroxyl groups is 1. The molecule has 5 aromatic rings. The second kappa shape index (κ2) is 11.1. The fourth-order valence-electron chi connectivity index (χ4n) is 6.33. The number of aliphatic hydroxyl groups excluding tert-OH is 1. The van der Waals surface area contributed by atoms with Crippen LogP contribution in [0, 0.1) is 5.92 Å². The Morgan fingerprint density at radius 2 is 1.74 bits per heavy atom. The number of aromatic nitrogens is 4. The Hall–Kier alpha value is -4.80. The summed E-state index contributed by atoms with van der Waals surface area (Å²) in [4.78, 5) is 37.7. The molecule has 10 heteroatoms. The number of hydrogen-bond donors (Lipinski definition) is 4. The highest BCUT2D eigenvalue weighted by Crippen LogP contribution is 2.57. The summed E-state index contributed by atoms with van der Waals surface area (Å²) in [7, 11) is 0. The van der Waals surface area contributed by atoms with Crippen LogP contribution < -0.4 is 16.6 Å². The number of anilines is 2. The Kier molecular flexibility index (Phi) is 7.33. The molecule has 2 atom stereocenters. The molecule has 5 N–H and O–H groups in total. The van der Waals surface area contributed by atoms with E-state index in [9.17, 15) is 14.7 Å². The highest BCUT2D eigenvalue weighted by molar-refractivity contribution is 5.91. The first kappa shape index (κ1) is 28.3. The summed E-state index contributed by atoms with van der Waals surface area (Å²) < 4.78 is 8.80. The van der Waals surface area contributed by atoms with Gasteiger partial charge < -0.3 is 15.6 Å². The Morgan fingerprint density at radius 3 is 2.33 bits per heavy atom. The average Bonchev–Trinajstić information content (AvgIpc) is 3.65. The van der Waals surface area contributed by atoms with Crippen LogP contribution in [0.25, 0.3) is 11.2 Å². The first-order valence-electron chi connectivity index (χ1n) is 14.3. The number of aromatic amines is 1. The van der Waals surface area contributed by atoms with Gasteiger partial charge >= 0.3 is 0 Å². The predicted octanol–water partition coefficient (Wildman–Crippen LogP) is 4.16. The van der Waals surface area contributed by atoms with Crippen molar-refractivity contribution in [1.29, 1.82) is 0 Å². The fraction of sp³-hybridized carbons (Fsp3) is 0.273. The van der Waals surface area contributed by atoms with Crippen LogP contribution in [0.5, 0.6) is 0 Å². The lowest BCUT2D eigenvalue weighted by Gasteiger charge is -2.50. The summed E-state index contributed by atoms with van der Waals surface area (Å²) in [6, 6.07) is 27.7. The third-order valence-corrected chi connectivity index (χ3v) is 8.25. The number of fused-ring (bicyclic) bond motifs is 1. The van der Waals surface area contributed by atoms with Gasteiger partial charge in [0.25, 0.3) is 5.56 Å². The molecule has 6 rings (SSSR count). The zero-order valence-corrected chi connectivity index (χ0v) is 24.0. The summed E-state index contributed by atoms with van der Waals surface area (Å²) in [5.41, 5.74) is 7.16. The van der Waals surface area contributed by atoms with Crippen LogP contribution in [0.15, 0.2) is 96.1 Å². The van der Waals surface area contributed by atoms with E-state index >= 15 is 0 Å². The van der Waals surface area contributed by atoms with Crippen molar-refractivity contribution in [1.82, 2.24) is 19.5 Å². The van der Waals surface area contributed by atoms with Gasteiger partial charge in [-0.2, -0.15) is 4.98 Å². The van der Waals surface area contributed by atoms with Crippen LogP contribution in [0.3, 0.4) is 0 Å². The lowest BCUT2D eigenvalue weighted by molar-refractivity contribution is -0.139. The molecule has 0 spiro atoms. The smallest absolute Gasteiger partial charge is 0.280 e. The minimum Gasteiger partial charge on any atom is -0.399 e. The maximum absolute atomic E-state index is 13.3. The number of nitrogens with one attached hydrogen (secondary N) is 2. The lowest BCUT2D eigenvalue weighted by atomic mass is 9.61. The molecule has 0 bridgehead atoms. The molecule has 3 heterocycles. The van der Waals surface area contributed by atoms with Gasteiger partial charge in [0, 0.05) is 11.6 Å². The lowest BCUT2D eigenvalue weighted by Crippen LogP contribution is -2.55. The van der Waals surface area contributed by atoms with Crippen molar-refractivity contribution in [2.45, 2.75) is 43.9 Å². The number of H-pyrrole nitrogens is 1. The third kappa shape index (κ3) is 4.59. The van der Waals surface area contributed by atoms with E-state index in [4.69, 9.17) is 15.5 Å². The molecule has 1 amide bonds. The molecule has 0 radical (unpaired) electrons.